The molecule has 6 nitrogen and oxygen atoms in total. The normalized spacial score (nSPS) is 16.8. The second-order valence-corrected chi connectivity index (χ2v) is 7.66. The fourth-order valence-corrected chi connectivity index (χ4v) is 4.44. The summed E-state index contributed by atoms with van der Waals surface area (Å²) in [5.41, 5.74) is -0.0388. The number of rotatable bonds is 5. The van der Waals surface area contributed by atoms with E-state index in [1.165, 1.54) is 18.2 Å². The van der Waals surface area contributed by atoms with E-state index in [0.29, 0.717) is 37.3 Å². The largest absolute Gasteiger partial charge is 0.478 e. The lowest BCUT2D eigenvalue weighted by Crippen LogP contribution is -2.39. The molecule has 0 atom stereocenters. The topological polar surface area (TPSA) is 83.9 Å². The van der Waals surface area contributed by atoms with Crippen LogP contribution in [0.4, 0.5) is 0 Å². The highest BCUT2D eigenvalue weighted by atomic mass is 79.9. The van der Waals surface area contributed by atoms with Gasteiger partial charge in [-0.05, 0) is 34.1 Å². The summed E-state index contributed by atoms with van der Waals surface area (Å²) < 4.78 is 30.4. The maximum absolute atomic E-state index is 12.4. The molecule has 0 amide bonds. The van der Waals surface area contributed by atoms with Gasteiger partial charge in [0.25, 0.3) is 0 Å². The van der Waals surface area contributed by atoms with E-state index in [-0.39, 0.29) is 16.2 Å². The van der Waals surface area contributed by atoms with Gasteiger partial charge in [0, 0.05) is 24.1 Å². The molecular formula is C13H16BrNO5S. The first kappa shape index (κ1) is 16.4. The molecule has 116 valence electrons. The van der Waals surface area contributed by atoms with Crippen molar-refractivity contribution < 1.29 is 23.1 Å². The molecule has 0 aromatic heterocycles. The van der Waals surface area contributed by atoms with E-state index < -0.39 is 15.8 Å². The number of benzene rings is 1. The average molecular weight is 378 g/mol. The zero-order valence-corrected chi connectivity index (χ0v) is 13.7. The van der Waals surface area contributed by atoms with Crippen LogP contribution in [0.15, 0.2) is 27.6 Å². The minimum Gasteiger partial charge on any atom is -0.478 e. The SMILES string of the molecule is O=C(O)c1ccc(Br)c(S(=O)(=O)CCN2CCOCC2)c1. The molecule has 1 aromatic carbocycles. The number of sulfone groups is 1. The average Bonchev–Trinajstić information content (AvgIpc) is 2.46. The number of aromatic carboxylic acids is 1. The predicted octanol–water partition coefficient (Wildman–Crippen LogP) is 1.25. The van der Waals surface area contributed by atoms with Crippen LogP contribution in [0.3, 0.4) is 0 Å². The van der Waals surface area contributed by atoms with E-state index in [4.69, 9.17) is 9.84 Å². The Hall–Kier alpha value is -0.960. The smallest absolute Gasteiger partial charge is 0.335 e. The number of carboxylic acids is 1. The van der Waals surface area contributed by atoms with Crippen molar-refractivity contribution in [1.29, 1.82) is 0 Å². The Morgan fingerprint density at radius 2 is 2.00 bits per heavy atom. The summed E-state index contributed by atoms with van der Waals surface area (Å²) in [4.78, 5) is 13.0. The Morgan fingerprint density at radius 1 is 1.33 bits per heavy atom. The summed E-state index contributed by atoms with van der Waals surface area (Å²) in [5.74, 6) is -1.19. The molecule has 1 N–H and O–H groups in total. The minimum atomic E-state index is -3.54. The van der Waals surface area contributed by atoms with Crippen molar-refractivity contribution in [1.82, 2.24) is 4.90 Å². The van der Waals surface area contributed by atoms with Crippen molar-refractivity contribution in [2.45, 2.75) is 4.90 Å². The predicted molar refractivity (Wildman–Crippen MR) is 80.4 cm³/mol. The van der Waals surface area contributed by atoms with E-state index in [9.17, 15) is 13.2 Å². The van der Waals surface area contributed by atoms with Crippen molar-refractivity contribution in [3.63, 3.8) is 0 Å². The number of hydrogen-bond donors (Lipinski definition) is 1. The standard InChI is InChI=1S/C13H16BrNO5S/c14-11-2-1-10(13(16)17)9-12(11)21(18,19)8-5-15-3-6-20-7-4-15/h1-2,9H,3-8H2,(H,16,17). The molecule has 8 heteroatoms. The molecule has 2 rings (SSSR count). The Labute approximate surface area is 131 Å². The molecule has 1 aliphatic heterocycles. The Balaban J connectivity index is 2.14. The van der Waals surface area contributed by atoms with Crippen molar-refractivity contribution in [3.8, 4) is 0 Å². The molecule has 0 bridgehead atoms. The van der Waals surface area contributed by atoms with Gasteiger partial charge in [0.1, 0.15) is 0 Å². The van der Waals surface area contributed by atoms with Crippen LogP contribution in [0.25, 0.3) is 0 Å². The molecule has 1 heterocycles. The lowest BCUT2D eigenvalue weighted by atomic mass is 10.2. The molecular weight excluding hydrogens is 362 g/mol. The van der Waals surface area contributed by atoms with E-state index in [0.717, 1.165) is 0 Å². The second-order valence-electron chi connectivity index (χ2n) is 4.72. The van der Waals surface area contributed by atoms with Crippen molar-refractivity contribution in [2.24, 2.45) is 0 Å². The maximum Gasteiger partial charge on any atom is 0.335 e. The first-order valence-electron chi connectivity index (χ1n) is 6.46. The number of halogens is 1. The summed E-state index contributed by atoms with van der Waals surface area (Å²) in [7, 11) is -3.54. The van der Waals surface area contributed by atoms with Gasteiger partial charge < -0.3 is 9.84 Å². The summed E-state index contributed by atoms with van der Waals surface area (Å²) in [5, 5.41) is 8.97. The third-order valence-corrected chi connectivity index (χ3v) is 5.98. The summed E-state index contributed by atoms with van der Waals surface area (Å²) >= 11 is 3.18. The molecule has 0 radical (unpaired) electrons. The quantitative estimate of drug-likeness (QED) is 0.831. The summed E-state index contributed by atoms with van der Waals surface area (Å²) in [6, 6.07) is 4.01. The minimum absolute atomic E-state index is 0.0238. The van der Waals surface area contributed by atoms with Crippen molar-refractivity contribution in [3.05, 3.63) is 28.2 Å². The van der Waals surface area contributed by atoms with Gasteiger partial charge in [0.2, 0.25) is 0 Å². The molecule has 0 unspecified atom stereocenters. The van der Waals surface area contributed by atoms with E-state index in [1.807, 2.05) is 4.90 Å². The fraction of sp³-hybridized carbons (Fsp3) is 0.462. The van der Waals surface area contributed by atoms with Crippen LogP contribution in [0.1, 0.15) is 10.4 Å². The Kier molecular flexibility index (Phi) is 5.37. The highest BCUT2D eigenvalue weighted by Gasteiger charge is 2.21. The summed E-state index contributed by atoms with van der Waals surface area (Å²) in [6.45, 7) is 3.06. The van der Waals surface area contributed by atoms with Crippen molar-refractivity contribution >= 4 is 31.7 Å². The lowest BCUT2D eigenvalue weighted by Gasteiger charge is -2.26. The van der Waals surface area contributed by atoms with Gasteiger partial charge in [-0.25, -0.2) is 13.2 Å². The van der Waals surface area contributed by atoms with E-state index >= 15 is 0 Å². The first-order chi connectivity index (χ1) is 9.90. The number of carbonyl (C=O) groups is 1. The van der Waals surface area contributed by atoms with Gasteiger partial charge >= 0.3 is 5.97 Å². The van der Waals surface area contributed by atoms with Crippen LogP contribution >= 0.6 is 15.9 Å². The Bertz CT molecular complexity index is 625. The molecule has 1 aliphatic rings. The third-order valence-electron chi connectivity index (χ3n) is 3.29. The number of morpholine rings is 1. The molecule has 21 heavy (non-hydrogen) atoms. The van der Waals surface area contributed by atoms with Crippen LogP contribution in [0, 0.1) is 0 Å². The fourth-order valence-electron chi connectivity index (χ4n) is 2.06. The lowest BCUT2D eigenvalue weighted by molar-refractivity contribution is 0.0408. The molecule has 0 aliphatic carbocycles. The molecule has 1 aromatic rings. The van der Waals surface area contributed by atoms with Gasteiger partial charge in [-0.3, -0.25) is 4.90 Å². The summed E-state index contributed by atoms with van der Waals surface area (Å²) in [6.07, 6.45) is 0. The van der Waals surface area contributed by atoms with Crippen molar-refractivity contribution in [2.75, 3.05) is 38.6 Å². The first-order valence-corrected chi connectivity index (χ1v) is 8.90. The van der Waals surface area contributed by atoms with Gasteiger partial charge in [-0.1, -0.05) is 0 Å². The molecule has 1 fully saturated rings. The second kappa shape index (κ2) is 6.87. The molecule has 1 saturated heterocycles. The highest BCUT2D eigenvalue weighted by molar-refractivity contribution is 9.10. The zero-order chi connectivity index (χ0) is 15.5. The Morgan fingerprint density at radius 3 is 2.62 bits per heavy atom. The molecule has 0 spiro atoms. The molecule has 0 saturated carbocycles. The van der Waals surface area contributed by atoms with E-state index in [2.05, 4.69) is 15.9 Å². The van der Waals surface area contributed by atoms with Crippen LogP contribution < -0.4 is 0 Å². The highest BCUT2D eigenvalue weighted by Crippen LogP contribution is 2.24. The zero-order valence-electron chi connectivity index (χ0n) is 11.3. The van der Waals surface area contributed by atoms with Gasteiger partial charge in [-0.15, -0.1) is 0 Å². The van der Waals surface area contributed by atoms with Gasteiger partial charge in [0.05, 0.1) is 29.4 Å². The van der Waals surface area contributed by atoms with Crippen LogP contribution in [0.2, 0.25) is 0 Å². The van der Waals surface area contributed by atoms with Crippen LogP contribution in [-0.4, -0.2) is 63.0 Å². The van der Waals surface area contributed by atoms with Crippen LogP contribution in [0.5, 0.6) is 0 Å². The number of ether oxygens (including phenoxy) is 1. The van der Waals surface area contributed by atoms with E-state index in [1.54, 1.807) is 0 Å². The third kappa shape index (κ3) is 4.26. The number of carboxylic acid groups (broad SMARTS) is 1. The van der Waals surface area contributed by atoms with Gasteiger partial charge in [-0.2, -0.15) is 0 Å². The van der Waals surface area contributed by atoms with Crippen LogP contribution in [-0.2, 0) is 14.6 Å². The number of hydrogen-bond acceptors (Lipinski definition) is 5. The number of nitrogens with zero attached hydrogens (tertiary/aromatic N) is 1. The maximum atomic E-state index is 12.4. The monoisotopic (exact) mass is 377 g/mol. The van der Waals surface area contributed by atoms with Gasteiger partial charge in [0.15, 0.2) is 9.84 Å².